The van der Waals surface area contributed by atoms with E-state index in [9.17, 15) is 4.79 Å². The number of hydrogen-bond acceptors (Lipinski definition) is 1. The van der Waals surface area contributed by atoms with Crippen LogP contribution in [0.4, 0.5) is 0 Å². The average Bonchev–Trinajstić information content (AvgIpc) is 2.91. The lowest BCUT2D eigenvalue weighted by Crippen LogP contribution is -2.52. The van der Waals surface area contributed by atoms with Gasteiger partial charge in [0.1, 0.15) is 5.78 Å². The van der Waals surface area contributed by atoms with Crippen LogP contribution in [0, 0.1) is 40.4 Å². The Morgan fingerprint density at radius 1 is 0.875 bits per heavy atom. The van der Waals surface area contributed by atoms with Crippen molar-refractivity contribution in [2.75, 3.05) is 0 Å². The summed E-state index contributed by atoms with van der Waals surface area (Å²) in [6.45, 7) is 7.28. The SMILES string of the molecule is CCC(=O)CC1CCC2C3CCC4CCCCC4(C)C3CCC12C. The Kier molecular flexibility index (Phi) is 4.37. The van der Waals surface area contributed by atoms with Gasteiger partial charge in [-0.25, -0.2) is 0 Å². The summed E-state index contributed by atoms with van der Waals surface area (Å²) in [6.07, 6.45) is 16.2. The monoisotopic (exact) mass is 330 g/mol. The maximum atomic E-state index is 12.1. The predicted molar refractivity (Wildman–Crippen MR) is 99.7 cm³/mol. The molecule has 4 fully saturated rings. The van der Waals surface area contributed by atoms with Crippen LogP contribution < -0.4 is 0 Å². The molecular weight excluding hydrogens is 292 g/mol. The summed E-state index contributed by atoms with van der Waals surface area (Å²) in [7, 11) is 0. The van der Waals surface area contributed by atoms with Crippen LogP contribution in [0.15, 0.2) is 0 Å². The van der Waals surface area contributed by atoms with Crippen LogP contribution in [-0.4, -0.2) is 5.78 Å². The minimum atomic E-state index is 0.476. The molecule has 0 aromatic heterocycles. The highest BCUT2D eigenvalue weighted by Crippen LogP contribution is 2.67. The quantitative estimate of drug-likeness (QED) is 0.584. The van der Waals surface area contributed by atoms with Crippen molar-refractivity contribution in [1.29, 1.82) is 0 Å². The normalized spacial score (nSPS) is 50.7. The van der Waals surface area contributed by atoms with Gasteiger partial charge in [0, 0.05) is 12.8 Å². The van der Waals surface area contributed by atoms with E-state index in [-0.39, 0.29) is 0 Å². The third-order valence-corrected chi connectivity index (χ3v) is 9.65. The molecule has 136 valence electrons. The molecule has 0 spiro atoms. The Hall–Kier alpha value is -0.330. The standard InChI is InChI=1S/C23H38O/c1-4-18(24)15-17-9-11-20-19-10-8-16-7-5-6-13-22(16,2)21(19)12-14-23(17,20)3/h16-17,19-21H,4-15H2,1-3H3. The molecule has 1 heteroatoms. The minimum absolute atomic E-state index is 0.476. The van der Waals surface area contributed by atoms with E-state index in [1.165, 1.54) is 64.2 Å². The molecule has 0 amide bonds. The van der Waals surface area contributed by atoms with Gasteiger partial charge in [-0.2, -0.15) is 0 Å². The number of ketones is 1. The fourth-order valence-electron chi connectivity index (χ4n) is 8.16. The van der Waals surface area contributed by atoms with Crippen molar-refractivity contribution in [3.63, 3.8) is 0 Å². The number of carbonyl (C=O) groups is 1. The van der Waals surface area contributed by atoms with Gasteiger partial charge in [0.15, 0.2) is 0 Å². The molecule has 0 aromatic rings. The van der Waals surface area contributed by atoms with Gasteiger partial charge in [-0.15, -0.1) is 0 Å². The Balaban J connectivity index is 1.56. The molecule has 0 aliphatic heterocycles. The number of hydrogen-bond donors (Lipinski definition) is 0. The van der Waals surface area contributed by atoms with E-state index in [0.717, 1.165) is 36.5 Å². The molecule has 4 saturated carbocycles. The number of carbonyl (C=O) groups excluding carboxylic acids is 1. The van der Waals surface area contributed by atoms with E-state index < -0.39 is 0 Å². The first-order chi connectivity index (χ1) is 11.5. The van der Waals surface area contributed by atoms with Crippen LogP contribution in [0.5, 0.6) is 0 Å². The van der Waals surface area contributed by atoms with Crippen molar-refractivity contribution in [3.05, 3.63) is 0 Å². The summed E-state index contributed by atoms with van der Waals surface area (Å²) in [6, 6.07) is 0. The van der Waals surface area contributed by atoms with Gasteiger partial charge in [0.25, 0.3) is 0 Å². The van der Waals surface area contributed by atoms with Crippen molar-refractivity contribution in [3.8, 4) is 0 Å². The van der Waals surface area contributed by atoms with Crippen LogP contribution in [0.1, 0.15) is 97.8 Å². The van der Waals surface area contributed by atoms with Crippen molar-refractivity contribution in [1.82, 2.24) is 0 Å². The summed E-state index contributed by atoms with van der Waals surface area (Å²) in [4.78, 5) is 12.1. The highest BCUT2D eigenvalue weighted by Gasteiger charge is 2.59. The fourth-order valence-corrected chi connectivity index (χ4v) is 8.16. The lowest BCUT2D eigenvalue weighted by atomic mass is 9.45. The van der Waals surface area contributed by atoms with Gasteiger partial charge in [0.05, 0.1) is 0 Å². The van der Waals surface area contributed by atoms with Crippen molar-refractivity contribution in [2.45, 2.75) is 97.8 Å². The van der Waals surface area contributed by atoms with E-state index in [0.29, 0.717) is 22.5 Å². The first-order valence-corrected chi connectivity index (χ1v) is 11.0. The lowest BCUT2D eigenvalue weighted by molar-refractivity contribution is -0.125. The van der Waals surface area contributed by atoms with Crippen LogP contribution in [-0.2, 0) is 4.79 Å². The molecule has 4 aliphatic rings. The van der Waals surface area contributed by atoms with Crippen molar-refractivity contribution in [2.24, 2.45) is 40.4 Å². The maximum absolute atomic E-state index is 12.1. The molecule has 24 heavy (non-hydrogen) atoms. The number of rotatable bonds is 3. The second-order valence-corrected chi connectivity index (χ2v) is 10.3. The zero-order valence-corrected chi connectivity index (χ0v) is 16.3. The second-order valence-electron chi connectivity index (χ2n) is 10.3. The lowest BCUT2D eigenvalue weighted by Gasteiger charge is -2.60. The van der Waals surface area contributed by atoms with Crippen LogP contribution >= 0.6 is 0 Å². The molecule has 0 aromatic carbocycles. The largest absolute Gasteiger partial charge is 0.300 e. The van der Waals surface area contributed by atoms with Crippen LogP contribution in [0.3, 0.4) is 0 Å². The third kappa shape index (κ3) is 2.43. The van der Waals surface area contributed by atoms with Crippen LogP contribution in [0.25, 0.3) is 0 Å². The third-order valence-electron chi connectivity index (χ3n) is 9.65. The summed E-state index contributed by atoms with van der Waals surface area (Å²) in [5.74, 6) is 5.11. The van der Waals surface area contributed by atoms with Crippen molar-refractivity contribution >= 4 is 5.78 Å². The Labute approximate surface area is 149 Å². The van der Waals surface area contributed by atoms with E-state index in [1.54, 1.807) is 0 Å². The van der Waals surface area contributed by atoms with Crippen LogP contribution in [0.2, 0.25) is 0 Å². The Bertz CT molecular complexity index is 496. The van der Waals surface area contributed by atoms with Gasteiger partial charge in [-0.05, 0) is 91.8 Å². The van der Waals surface area contributed by atoms with Gasteiger partial charge in [-0.1, -0.05) is 33.6 Å². The molecule has 0 heterocycles. The number of fused-ring (bicyclic) bond motifs is 5. The molecule has 4 aliphatic carbocycles. The molecule has 0 bridgehead atoms. The molecule has 7 unspecified atom stereocenters. The molecule has 0 radical (unpaired) electrons. The van der Waals surface area contributed by atoms with Gasteiger partial charge in [0.2, 0.25) is 0 Å². The van der Waals surface area contributed by atoms with E-state index in [2.05, 4.69) is 13.8 Å². The van der Waals surface area contributed by atoms with Gasteiger partial charge in [-0.3, -0.25) is 4.79 Å². The minimum Gasteiger partial charge on any atom is -0.300 e. The smallest absolute Gasteiger partial charge is 0.132 e. The molecule has 1 nitrogen and oxygen atoms in total. The summed E-state index contributed by atoms with van der Waals surface area (Å²) in [5, 5.41) is 0. The van der Waals surface area contributed by atoms with Gasteiger partial charge >= 0.3 is 0 Å². The molecule has 7 atom stereocenters. The van der Waals surface area contributed by atoms with Gasteiger partial charge < -0.3 is 0 Å². The predicted octanol–water partition coefficient (Wildman–Crippen LogP) is 6.40. The zero-order valence-electron chi connectivity index (χ0n) is 16.3. The molecule has 0 N–H and O–H groups in total. The molecule has 4 rings (SSSR count). The topological polar surface area (TPSA) is 17.1 Å². The van der Waals surface area contributed by atoms with E-state index in [1.807, 2.05) is 6.92 Å². The maximum Gasteiger partial charge on any atom is 0.132 e. The zero-order chi connectivity index (χ0) is 16.9. The average molecular weight is 331 g/mol. The molecular formula is C23H38O. The second kappa shape index (κ2) is 6.13. The highest BCUT2D eigenvalue weighted by molar-refractivity contribution is 5.78. The number of Topliss-reactive ketones (excluding diaryl/α,β-unsaturated/α-hetero) is 1. The van der Waals surface area contributed by atoms with E-state index >= 15 is 0 Å². The highest BCUT2D eigenvalue weighted by atomic mass is 16.1. The summed E-state index contributed by atoms with van der Waals surface area (Å²) < 4.78 is 0. The first kappa shape index (κ1) is 17.1. The van der Waals surface area contributed by atoms with Crippen molar-refractivity contribution < 1.29 is 4.79 Å². The fraction of sp³-hybridized carbons (Fsp3) is 0.957. The first-order valence-electron chi connectivity index (χ1n) is 11.0. The Morgan fingerprint density at radius 2 is 1.67 bits per heavy atom. The molecule has 0 saturated heterocycles. The Morgan fingerprint density at radius 3 is 2.46 bits per heavy atom. The van der Waals surface area contributed by atoms with E-state index in [4.69, 9.17) is 0 Å². The summed E-state index contributed by atoms with van der Waals surface area (Å²) in [5.41, 5.74) is 1.13. The summed E-state index contributed by atoms with van der Waals surface area (Å²) >= 11 is 0.